The Morgan fingerprint density at radius 2 is 1.58 bits per heavy atom. The predicted octanol–water partition coefficient (Wildman–Crippen LogP) is 4.46. The molecule has 0 spiro atoms. The van der Waals surface area contributed by atoms with E-state index in [-0.39, 0.29) is 6.04 Å². The van der Waals surface area contributed by atoms with Gasteiger partial charge in [0, 0.05) is 0 Å². The van der Waals surface area contributed by atoms with Crippen molar-refractivity contribution in [3.8, 4) is 11.1 Å². The van der Waals surface area contributed by atoms with E-state index in [0.29, 0.717) is 0 Å². The summed E-state index contributed by atoms with van der Waals surface area (Å²) in [5, 5.41) is 4.18. The molecular formula is C17H15NS. The molecule has 2 aromatic carbocycles. The van der Waals surface area contributed by atoms with Gasteiger partial charge in [0.25, 0.3) is 0 Å². The van der Waals surface area contributed by atoms with Crippen molar-refractivity contribution in [1.29, 1.82) is 0 Å². The van der Waals surface area contributed by atoms with Crippen LogP contribution in [0, 0.1) is 0 Å². The Bertz CT molecular complexity index is 644. The van der Waals surface area contributed by atoms with Gasteiger partial charge >= 0.3 is 0 Å². The van der Waals surface area contributed by atoms with Crippen molar-refractivity contribution in [2.24, 2.45) is 5.73 Å². The third-order valence-electron chi connectivity index (χ3n) is 3.26. The predicted molar refractivity (Wildman–Crippen MR) is 82.2 cm³/mol. The summed E-state index contributed by atoms with van der Waals surface area (Å²) < 4.78 is 0. The molecule has 2 heteroatoms. The van der Waals surface area contributed by atoms with Crippen molar-refractivity contribution >= 4 is 11.3 Å². The van der Waals surface area contributed by atoms with Gasteiger partial charge in [-0.3, -0.25) is 0 Å². The topological polar surface area (TPSA) is 26.0 Å². The Hall–Kier alpha value is -1.90. The molecule has 3 rings (SSSR count). The summed E-state index contributed by atoms with van der Waals surface area (Å²) in [6.45, 7) is 0. The molecule has 1 heterocycles. The molecule has 0 unspecified atom stereocenters. The standard InChI is InChI=1S/C17H15NS/c18-17(16-9-10-19-12-16)15-8-4-7-14(11-15)13-5-2-1-3-6-13/h1-12,17H,18H2/t17-/m0/s1. The van der Waals surface area contributed by atoms with Crippen molar-refractivity contribution in [3.63, 3.8) is 0 Å². The number of rotatable bonds is 3. The van der Waals surface area contributed by atoms with Crippen LogP contribution in [0.25, 0.3) is 11.1 Å². The van der Waals surface area contributed by atoms with Crippen LogP contribution < -0.4 is 5.73 Å². The summed E-state index contributed by atoms with van der Waals surface area (Å²) >= 11 is 1.68. The monoisotopic (exact) mass is 265 g/mol. The normalized spacial score (nSPS) is 12.3. The lowest BCUT2D eigenvalue weighted by Gasteiger charge is -2.12. The molecule has 2 N–H and O–H groups in total. The average Bonchev–Trinajstić information content (AvgIpc) is 3.02. The highest BCUT2D eigenvalue weighted by Crippen LogP contribution is 2.26. The summed E-state index contributed by atoms with van der Waals surface area (Å²) in [7, 11) is 0. The van der Waals surface area contributed by atoms with Gasteiger partial charge in [0.1, 0.15) is 0 Å². The smallest absolute Gasteiger partial charge is 0.0560 e. The summed E-state index contributed by atoms with van der Waals surface area (Å²) in [5.74, 6) is 0. The zero-order valence-electron chi connectivity index (χ0n) is 10.5. The van der Waals surface area contributed by atoms with Crippen LogP contribution in [0.15, 0.2) is 71.4 Å². The van der Waals surface area contributed by atoms with Crippen molar-refractivity contribution in [1.82, 2.24) is 0 Å². The molecule has 0 bridgehead atoms. The molecule has 0 saturated heterocycles. The van der Waals surface area contributed by atoms with E-state index in [9.17, 15) is 0 Å². The molecule has 3 aromatic rings. The summed E-state index contributed by atoms with van der Waals surface area (Å²) in [4.78, 5) is 0. The fourth-order valence-corrected chi connectivity index (χ4v) is 2.88. The highest BCUT2D eigenvalue weighted by molar-refractivity contribution is 7.08. The zero-order chi connectivity index (χ0) is 13.1. The van der Waals surface area contributed by atoms with Gasteiger partial charge in [-0.25, -0.2) is 0 Å². The Morgan fingerprint density at radius 1 is 0.789 bits per heavy atom. The maximum Gasteiger partial charge on any atom is 0.0560 e. The van der Waals surface area contributed by atoms with Gasteiger partial charge in [0.2, 0.25) is 0 Å². The third kappa shape index (κ3) is 2.60. The molecule has 1 aromatic heterocycles. The first-order valence-electron chi connectivity index (χ1n) is 6.27. The Morgan fingerprint density at radius 3 is 2.32 bits per heavy atom. The second kappa shape index (κ2) is 5.39. The molecule has 19 heavy (non-hydrogen) atoms. The number of benzene rings is 2. The molecule has 0 aliphatic heterocycles. The fourth-order valence-electron chi connectivity index (χ4n) is 2.19. The van der Waals surface area contributed by atoms with Crippen LogP contribution in [0.1, 0.15) is 17.2 Å². The van der Waals surface area contributed by atoms with Crippen LogP contribution in [-0.4, -0.2) is 0 Å². The van der Waals surface area contributed by atoms with Gasteiger partial charge < -0.3 is 5.73 Å². The Balaban J connectivity index is 1.97. The highest BCUT2D eigenvalue weighted by atomic mass is 32.1. The lowest BCUT2D eigenvalue weighted by atomic mass is 9.97. The van der Waals surface area contributed by atoms with E-state index in [1.54, 1.807) is 11.3 Å². The molecule has 94 valence electrons. The fraction of sp³-hybridized carbons (Fsp3) is 0.0588. The zero-order valence-corrected chi connectivity index (χ0v) is 11.3. The van der Waals surface area contributed by atoms with E-state index in [4.69, 9.17) is 5.73 Å². The molecule has 0 amide bonds. The number of thiophene rings is 1. The van der Waals surface area contributed by atoms with E-state index in [2.05, 4.69) is 65.4 Å². The molecule has 0 aliphatic rings. The van der Waals surface area contributed by atoms with Gasteiger partial charge in [0.05, 0.1) is 6.04 Å². The van der Waals surface area contributed by atoms with Crippen molar-refractivity contribution in [2.75, 3.05) is 0 Å². The quantitative estimate of drug-likeness (QED) is 0.743. The lowest BCUT2D eigenvalue weighted by molar-refractivity contribution is 0.877. The van der Waals surface area contributed by atoms with Crippen molar-refractivity contribution in [2.45, 2.75) is 6.04 Å². The van der Waals surface area contributed by atoms with Crippen LogP contribution >= 0.6 is 11.3 Å². The number of hydrogen-bond donors (Lipinski definition) is 1. The van der Waals surface area contributed by atoms with Crippen LogP contribution in [0.2, 0.25) is 0 Å². The summed E-state index contributed by atoms with van der Waals surface area (Å²) in [6.07, 6.45) is 0. The van der Waals surface area contributed by atoms with Crippen LogP contribution in [-0.2, 0) is 0 Å². The van der Waals surface area contributed by atoms with Crippen molar-refractivity contribution in [3.05, 3.63) is 82.6 Å². The van der Waals surface area contributed by atoms with Gasteiger partial charge in [-0.1, -0.05) is 48.5 Å². The summed E-state index contributed by atoms with van der Waals surface area (Å²) in [6, 6.07) is 20.9. The van der Waals surface area contributed by atoms with E-state index >= 15 is 0 Å². The van der Waals surface area contributed by atoms with E-state index in [1.807, 2.05) is 6.07 Å². The van der Waals surface area contributed by atoms with Crippen LogP contribution in [0.5, 0.6) is 0 Å². The average molecular weight is 265 g/mol. The van der Waals surface area contributed by atoms with E-state index < -0.39 is 0 Å². The minimum Gasteiger partial charge on any atom is -0.320 e. The largest absolute Gasteiger partial charge is 0.320 e. The van der Waals surface area contributed by atoms with E-state index in [0.717, 1.165) is 5.56 Å². The summed E-state index contributed by atoms with van der Waals surface area (Å²) in [5.41, 5.74) is 11.1. The minimum absolute atomic E-state index is 0.0464. The molecule has 0 fully saturated rings. The van der Waals surface area contributed by atoms with Gasteiger partial charge in [-0.05, 0) is 45.1 Å². The first kappa shape index (κ1) is 12.2. The maximum absolute atomic E-state index is 6.31. The SMILES string of the molecule is N[C@H](c1ccsc1)c1cccc(-c2ccccc2)c1. The Kier molecular flexibility index (Phi) is 3.45. The number of hydrogen-bond acceptors (Lipinski definition) is 2. The van der Waals surface area contributed by atoms with Gasteiger partial charge in [-0.2, -0.15) is 11.3 Å². The van der Waals surface area contributed by atoms with Crippen molar-refractivity contribution < 1.29 is 0 Å². The van der Waals surface area contributed by atoms with Crippen LogP contribution in [0.3, 0.4) is 0 Å². The minimum atomic E-state index is -0.0464. The third-order valence-corrected chi connectivity index (χ3v) is 3.96. The van der Waals surface area contributed by atoms with Crippen LogP contribution in [0.4, 0.5) is 0 Å². The van der Waals surface area contributed by atoms with Gasteiger partial charge in [-0.15, -0.1) is 0 Å². The highest BCUT2D eigenvalue weighted by Gasteiger charge is 2.09. The van der Waals surface area contributed by atoms with E-state index in [1.165, 1.54) is 16.7 Å². The lowest BCUT2D eigenvalue weighted by Crippen LogP contribution is -2.10. The Labute approximate surface area is 117 Å². The van der Waals surface area contributed by atoms with Gasteiger partial charge in [0.15, 0.2) is 0 Å². The first-order valence-corrected chi connectivity index (χ1v) is 7.22. The molecule has 0 saturated carbocycles. The second-order valence-corrected chi connectivity index (χ2v) is 5.31. The maximum atomic E-state index is 6.31. The molecule has 1 nitrogen and oxygen atoms in total. The molecule has 0 radical (unpaired) electrons. The molecule has 1 atom stereocenters. The molecule has 0 aliphatic carbocycles. The molecular weight excluding hydrogens is 250 g/mol. The first-order chi connectivity index (χ1) is 9.34. The second-order valence-electron chi connectivity index (χ2n) is 4.53. The number of nitrogens with two attached hydrogens (primary N) is 1.